The molecule has 1 saturated carbocycles. The summed E-state index contributed by atoms with van der Waals surface area (Å²) in [6.07, 6.45) is 2.57. The first-order valence-corrected chi connectivity index (χ1v) is 11.1. The molecule has 2 heteroatoms. The van der Waals surface area contributed by atoms with Crippen molar-refractivity contribution in [2.45, 2.75) is 19.8 Å². The molecule has 30 heavy (non-hydrogen) atoms. The third-order valence-electron chi connectivity index (χ3n) is 7.01. The predicted octanol–water partition coefficient (Wildman–Crippen LogP) is 7.09. The Hall–Kier alpha value is -3.00. The predicted molar refractivity (Wildman–Crippen MR) is 123 cm³/mol. The minimum absolute atomic E-state index is 0.429. The SMILES string of the molecule is CC1CC(C2COc3ccc4ccccc4c3-c3c(ccc4ccccc34)OC2)C1. The van der Waals surface area contributed by atoms with Crippen LogP contribution in [0.4, 0.5) is 0 Å². The van der Waals surface area contributed by atoms with Gasteiger partial charge in [0.1, 0.15) is 11.5 Å². The van der Waals surface area contributed by atoms with Crippen LogP contribution in [0.5, 0.6) is 11.5 Å². The van der Waals surface area contributed by atoms with Gasteiger partial charge in [0.25, 0.3) is 0 Å². The van der Waals surface area contributed by atoms with Crippen LogP contribution in [-0.2, 0) is 0 Å². The molecule has 0 unspecified atom stereocenters. The van der Waals surface area contributed by atoms with Crippen LogP contribution in [-0.4, -0.2) is 13.2 Å². The summed E-state index contributed by atoms with van der Waals surface area (Å²) in [5.41, 5.74) is 2.31. The summed E-state index contributed by atoms with van der Waals surface area (Å²) in [6.45, 7) is 3.78. The second-order valence-electron chi connectivity index (χ2n) is 9.04. The number of hydrogen-bond acceptors (Lipinski definition) is 2. The highest BCUT2D eigenvalue weighted by Gasteiger charge is 2.34. The van der Waals surface area contributed by atoms with E-state index in [1.54, 1.807) is 0 Å². The van der Waals surface area contributed by atoms with Gasteiger partial charge in [0.2, 0.25) is 0 Å². The van der Waals surface area contributed by atoms with Crippen LogP contribution in [0.2, 0.25) is 0 Å². The lowest BCUT2D eigenvalue weighted by Crippen LogP contribution is -2.35. The van der Waals surface area contributed by atoms with E-state index >= 15 is 0 Å². The van der Waals surface area contributed by atoms with Crippen LogP contribution >= 0.6 is 0 Å². The quantitative estimate of drug-likeness (QED) is 0.343. The highest BCUT2D eigenvalue weighted by atomic mass is 16.5. The maximum absolute atomic E-state index is 6.55. The van der Waals surface area contributed by atoms with E-state index in [4.69, 9.17) is 9.47 Å². The van der Waals surface area contributed by atoms with Gasteiger partial charge in [0, 0.05) is 17.0 Å². The molecule has 0 saturated heterocycles. The van der Waals surface area contributed by atoms with Crippen LogP contribution in [0.3, 0.4) is 0 Å². The van der Waals surface area contributed by atoms with Crippen molar-refractivity contribution in [3.8, 4) is 22.6 Å². The van der Waals surface area contributed by atoms with E-state index in [0.29, 0.717) is 25.0 Å². The Morgan fingerprint density at radius 3 is 1.60 bits per heavy atom. The molecular weight excluding hydrogens is 368 g/mol. The molecule has 0 bridgehead atoms. The molecule has 0 aromatic heterocycles. The molecule has 0 spiro atoms. The number of fused-ring (bicyclic) bond motifs is 7. The molecule has 4 aromatic carbocycles. The van der Waals surface area contributed by atoms with Crippen molar-refractivity contribution in [3.05, 3.63) is 72.8 Å². The van der Waals surface area contributed by atoms with Crippen molar-refractivity contribution < 1.29 is 9.47 Å². The molecule has 2 nitrogen and oxygen atoms in total. The maximum Gasteiger partial charge on any atom is 0.127 e. The fourth-order valence-corrected chi connectivity index (χ4v) is 5.32. The summed E-state index contributed by atoms with van der Waals surface area (Å²) in [5.74, 6) is 3.89. The van der Waals surface area contributed by atoms with Crippen LogP contribution in [0, 0.1) is 17.8 Å². The molecule has 4 aromatic rings. The highest BCUT2D eigenvalue weighted by Crippen LogP contribution is 2.47. The van der Waals surface area contributed by atoms with Crippen LogP contribution in [0.25, 0.3) is 32.7 Å². The average molecular weight is 395 g/mol. The van der Waals surface area contributed by atoms with E-state index in [1.165, 1.54) is 34.4 Å². The number of hydrogen-bond donors (Lipinski definition) is 0. The first kappa shape index (κ1) is 17.8. The van der Waals surface area contributed by atoms with Crippen LogP contribution in [0.15, 0.2) is 72.8 Å². The molecule has 1 aliphatic carbocycles. The van der Waals surface area contributed by atoms with Gasteiger partial charge in [-0.15, -0.1) is 0 Å². The summed E-state index contributed by atoms with van der Waals surface area (Å²) < 4.78 is 13.1. The minimum atomic E-state index is 0.429. The van der Waals surface area contributed by atoms with Gasteiger partial charge in [-0.05, 0) is 58.4 Å². The molecule has 0 N–H and O–H groups in total. The van der Waals surface area contributed by atoms with E-state index in [2.05, 4.69) is 79.7 Å². The Morgan fingerprint density at radius 1 is 0.600 bits per heavy atom. The molecule has 0 radical (unpaired) electrons. The van der Waals surface area contributed by atoms with Gasteiger partial charge < -0.3 is 9.47 Å². The Morgan fingerprint density at radius 2 is 1.10 bits per heavy atom. The van der Waals surface area contributed by atoms with Gasteiger partial charge in [0.15, 0.2) is 0 Å². The smallest absolute Gasteiger partial charge is 0.127 e. The highest BCUT2D eigenvalue weighted by molar-refractivity contribution is 6.09. The molecule has 0 atom stereocenters. The zero-order valence-corrected chi connectivity index (χ0v) is 17.3. The van der Waals surface area contributed by atoms with Crippen LogP contribution < -0.4 is 9.47 Å². The topological polar surface area (TPSA) is 18.5 Å². The maximum atomic E-state index is 6.55. The molecule has 6 rings (SSSR count). The number of ether oxygens (including phenoxy) is 2. The molecule has 1 heterocycles. The molecule has 0 amide bonds. The van der Waals surface area contributed by atoms with Gasteiger partial charge in [0.05, 0.1) is 13.2 Å². The summed E-state index contributed by atoms with van der Waals surface area (Å²) in [6, 6.07) is 25.8. The Bertz CT molecular complexity index is 1150. The molecule has 2 aliphatic rings. The zero-order chi connectivity index (χ0) is 20.1. The van der Waals surface area contributed by atoms with Gasteiger partial charge in [-0.25, -0.2) is 0 Å². The first-order valence-electron chi connectivity index (χ1n) is 11.1. The van der Waals surface area contributed by atoms with E-state index in [-0.39, 0.29) is 0 Å². The third kappa shape index (κ3) is 2.86. The van der Waals surface area contributed by atoms with Gasteiger partial charge in [-0.2, -0.15) is 0 Å². The van der Waals surface area contributed by atoms with Crippen molar-refractivity contribution in [1.82, 2.24) is 0 Å². The molecule has 150 valence electrons. The average Bonchev–Trinajstić information content (AvgIpc) is 2.84. The lowest BCUT2D eigenvalue weighted by molar-refractivity contribution is 0.0610. The first-order chi connectivity index (χ1) is 14.8. The normalized spacial score (nSPS) is 21.4. The van der Waals surface area contributed by atoms with Crippen LogP contribution in [0.1, 0.15) is 19.8 Å². The van der Waals surface area contributed by atoms with Gasteiger partial charge in [-0.3, -0.25) is 0 Å². The van der Waals surface area contributed by atoms with Crippen molar-refractivity contribution >= 4 is 21.5 Å². The van der Waals surface area contributed by atoms with E-state index in [9.17, 15) is 0 Å². The van der Waals surface area contributed by atoms with E-state index in [1.807, 2.05) is 0 Å². The lowest BCUT2D eigenvalue weighted by Gasteiger charge is -2.38. The monoisotopic (exact) mass is 394 g/mol. The fourth-order valence-electron chi connectivity index (χ4n) is 5.32. The lowest BCUT2D eigenvalue weighted by atomic mass is 9.70. The minimum Gasteiger partial charge on any atom is -0.492 e. The number of rotatable bonds is 1. The van der Waals surface area contributed by atoms with Crippen molar-refractivity contribution in [1.29, 1.82) is 0 Å². The fraction of sp³-hybridized carbons (Fsp3) is 0.286. The zero-order valence-electron chi connectivity index (χ0n) is 17.3. The summed E-state index contributed by atoms with van der Waals surface area (Å²) in [5, 5.41) is 4.88. The van der Waals surface area contributed by atoms with Crippen molar-refractivity contribution in [2.75, 3.05) is 13.2 Å². The largest absolute Gasteiger partial charge is 0.492 e. The summed E-state index contributed by atoms with van der Waals surface area (Å²) in [4.78, 5) is 0. The standard InChI is InChI=1S/C28H26O2/c1-18-14-21(15-18)22-16-29-25-12-10-19-6-2-4-8-23(19)27(25)28-24-9-5-3-7-20(24)11-13-26(28)30-17-22/h2-13,18,21-22H,14-17H2,1H3. The van der Waals surface area contributed by atoms with E-state index in [0.717, 1.165) is 28.5 Å². The molecule has 1 aliphatic heterocycles. The van der Waals surface area contributed by atoms with Crippen molar-refractivity contribution in [2.24, 2.45) is 17.8 Å². The molecular formula is C28H26O2. The van der Waals surface area contributed by atoms with Gasteiger partial charge in [-0.1, -0.05) is 67.6 Å². The third-order valence-corrected chi connectivity index (χ3v) is 7.01. The second-order valence-corrected chi connectivity index (χ2v) is 9.04. The van der Waals surface area contributed by atoms with Gasteiger partial charge >= 0.3 is 0 Å². The summed E-state index contributed by atoms with van der Waals surface area (Å²) in [7, 11) is 0. The Kier molecular flexibility index (Phi) is 4.19. The van der Waals surface area contributed by atoms with E-state index < -0.39 is 0 Å². The van der Waals surface area contributed by atoms with Crippen molar-refractivity contribution in [3.63, 3.8) is 0 Å². The molecule has 1 fully saturated rings. The Balaban J connectivity index is 1.60. The summed E-state index contributed by atoms with van der Waals surface area (Å²) >= 11 is 0. The Labute approximate surface area is 177 Å². The number of benzene rings is 4. The second kappa shape index (κ2) is 7.05.